The summed E-state index contributed by atoms with van der Waals surface area (Å²) in [4.78, 5) is 28.0. The zero-order valence-electron chi connectivity index (χ0n) is 15.0. The molecule has 5 heteroatoms. The van der Waals surface area contributed by atoms with Crippen molar-refractivity contribution < 1.29 is 14.3 Å². The van der Waals surface area contributed by atoms with Crippen LogP contribution in [0.15, 0.2) is 30.3 Å². The summed E-state index contributed by atoms with van der Waals surface area (Å²) in [6.07, 6.45) is 8.11. The van der Waals surface area contributed by atoms with Crippen molar-refractivity contribution in [2.45, 2.75) is 37.8 Å². The van der Waals surface area contributed by atoms with Gasteiger partial charge in [-0.3, -0.25) is 9.59 Å². The zero-order chi connectivity index (χ0) is 17.8. The van der Waals surface area contributed by atoms with E-state index in [1.165, 1.54) is 12.8 Å². The molecule has 1 saturated heterocycles. The maximum Gasteiger partial charge on any atom is 0.253 e. The van der Waals surface area contributed by atoms with E-state index in [4.69, 9.17) is 4.74 Å². The van der Waals surface area contributed by atoms with Crippen LogP contribution in [0, 0.1) is 0 Å². The fourth-order valence-electron chi connectivity index (χ4n) is 3.63. The predicted octanol–water partition coefficient (Wildman–Crippen LogP) is 2.57. The third-order valence-electron chi connectivity index (χ3n) is 5.00. The summed E-state index contributed by atoms with van der Waals surface area (Å²) >= 11 is 0. The molecule has 134 valence electrons. The number of nitrogens with zero attached hydrogens (tertiary/aromatic N) is 2. The number of hydrogen-bond acceptors (Lipinski definition) is 3. The summed E-state index contributed by atoms with van der Waals surface area (Å²) in [6, 6.07) is 7.53. The van der Waals surface area contributed by atoms with Crippen molar-refractivity contribution in [2.24, 2.45) is 0 Å². The van der Waals surface area contributed by atoms with E-state index in [1.54, 1.807) is 37.2 Å². The molecule has 1 aliphatic carbocycles. The van der Waals surface area contributed by atoms with E-state index in [2.05, 4.69) is 0 Å². The number of hydrogen-bond donors (Lipinski definition) is 0. The van der Waals surface area contributed by atoms with Crippen molar-refractivity contribution in [1.29, 1.82) is 0 Å². The molecule has 2 atom stereocenters. The summed E-state index contributed by atoms with van der Waals surface area (Å²) in [5.74, 6) is 0.0249. The van der Waals surface area contributed by atoms with E-state index in [1.807, 2.05) is 23.1 Å². The summed E-state index contributed by atoms with van der Waals surface area (Å²) in [7, 11) is 3.46. The highest BCUT2D eigenvalue weighted by Gasteiger charge is 2.35. The Morgan fingerprint density at radius 2 is 1.88 bits per heavy atom. The number of fused-ring (bicyclic) bond motifs is 1. The number of carbonyl (C=O) groups excluding carboxylic acids is 2. The van der Waals surface area contributed by atoms with Crippen molar-refractivity contribution in [3.8, 4) is 0 Å². The molecular formula is C20H26N2O3. The van der Waals surface area contributed by atoms with Crippen molar-refractivity contribution in [2.75, 3.05) is 27.2 Å². The van der Waals surface area contributed by atoms with E-state index in [9.17, 15) is 9.59 Å². The van der Waals surface area contributed by atoms with Crippen molar-refractivity contribution >= 4 is 17.9 Å². The Labute approximate surface area is 149 Å². The van der Waals surface area contributed by atoms with E-state index in [0.29, 0.717) is 18.7 Å². The normalized spacial score (nSPS) is 23.4. The van der Waals surface area contributed by atoms with E-state index in [-0.39, 0.29) is 24.0 Å². The number of morpholine rings is 1. The van der Waals surface area contributed by atoms with Crippen molar-refractivity contribution in [3.05, 3.63) is 41.5 Å². The summed E-state index contributed by atoms with van der Waals surface area (Å²) < 4.78 is 5.83. The van der Waals surface area contributed by atoms with E-state index >= 15 is 0 Å². The first kappa shape index (κ1) is 17.7. The largest absolute Gasteiger partial charge is 0.374 e. The molecule has 1 heterocycles. The van der Waals surface area contributed by atoms with Gasteiger partial charge in [-0.05, 0) is 36.6 Å². The predicted molar refractivity (Wildman–Crippen MR) is 97.2 cm³/mol. The molecule has 2 aliphatic rings. The molecule has 0 radical (unpaired) electrons. The molecule has 0 aromatic heterocycles. The van der Waals surface area contributed by atoms with Crippen LogP contribution in [0.2, 0.25) is 0 Å². The highest BCUT2D eigenvalue weighted by Crippen LogP contribution is 2.28. The molecule has 2 amide bonds. The topological polar surface area (TPSA) is 49.9 Å². The maximum atomic E-state index is 12.6. The van der Waals surface area contributed by atoms with Crippen LogP contribution in [0.3, 0.4) is 0 Å². The second kappa shape index (κ2) is 7.83. The fourth-order valence-corrected chi connectivity index (χ4v) is 3.63. The Balaban J connectivity index is 1.64. The third kappa shape index (κ3) is 4.10. The van der Waals surface area contributed by atoms with Gasteiger partial charge in [-0.1, -0.05) is 25.0 Å². The lowest BCUT2D eigenvalue weighted by Gasteiger charge is -2.43. The number of amides is 2. The lowest BCUT2D eigenvalue weighted by molar-refractivity contribution is -0.144. The Bertz CT molecular complexity index is 649. The first-order valence-corrected chi connectivity index (χ1v) is 8.98. The van der Waals surface area contributed by atoms with Crippen LogP contribution in [0.25, 0.3) is 6.08 Å². The summed E-state index contributed by atoms with van der Waals surface area (Å²) in [5, 5.41) is 0. The second-order valence-electron chi connectivity index (χ2n) is 6.95. The molecular weight excluding hydrogens is 316 g/mol. The summed E-state index contributed by atoms with van der Waals surface area (Å²) in [6.45, 7) is 1.29. The molecule has 0 spiro atoms. The lowest BCUT2D eigenvalue weighted by atomic mass is 9.90. The van der Waals surface area contributed by atoms with Gasteiger partial charge in [-0.2, -0.15) is 0 Å². The second-order valence-corrected chi connectivity index (χ2v) is 6.95. The molecule has 25 heavy (non-hydrogen) atoms. The standard InChI is InChI=1S/C20H26N2O3/c1-21(2)20(24)16-10-7-15(8-11-16)9-12-19(23)22-13-14-25-18-6-4-3-5-17(18)22/h7-12,17-18H,3-6,13-14H2,1-2H3/b12-9+. The lowest BCUT2D eigenvalue weighted by Crippen LogP contribution is -2.54. The van der Waals surface area contributed by atoms with E-state index < -0.39 is 0 Å². The molecule has 1 aromatic carbocycles. The van der Waals surface area contributed by atoms with Gasteiger partial charge in [0, 0.05) is 32.3 Å². The minimum Gasteiger partial charge on any atom is -0.374 e. The zero-order valence-corrected chi connectivity index (χ0v) is 15.0. The van der Waals surface area contributed by atoms with Gasteiger partial charge in [0.1, 0.15) is 0 Å². The quantitative estimate of drug-likeness (QED) is 0.793. The fraction of sp³-hybridized carbons (Fsp3) is 0.500. The highest BCUT2D eigenvalue weighted by atomic mass is 16.5. The van der Waals surface area contributed by atoms with Gasteiger partial charge in [0.25, 0.3) is 5.91 Å². The monoisotopic (exact) mass is 342 g/mol. The molecule has 3 rings (SSSR count). The van der Waals surface area contributed by atoms with Gasteiger partial charge in [0.05, 0.1) is 18.8 Å². The van der Waals surface area contributed by atoms with Crippen LogP contribution in [0.5, 0.6) is 0 Å². The molecule has 0 bridgehead atoms. The SMILES string of the molecule is CN(C)C(=O)c1ccc(/C=C/C(=O)N2CCOC3CCCCC32)cc1. The number of rotatable bonds is 3. The van der Waals surface area contributed by atoms with Crippen LogP contribution in [-0.2, 0) is 9.53 Å². The minimum atomic E-state index is -0.0248. The molecule has 1 aromatic rings. The van der Waals surface area contributed by atoms with Gasteiger partial charge in [0.15, 0.2) is 0 Å². The number of carbonyl (C=O) groups is 2. The minimum absolute atomic E-state index is 0.0248. The maximum absolute atomic E-state index is 12.6. The van der Waals surface area contributed by atoms with Crippen LogP contribution in [-0.4, -0.2) is 61.0 Å². The van der Waals surface area contributed by atoms with Gasteiger partial charge >= 0.3 is 0 Å². The molecule has 1 saturated carbocycles. The Morgan fingerprint density at radius 1 is 1.16 bits per heavy atom. The average Bonchev–Trinajstić information content (AvgIpc) is 2.65. The van der Waals surface area contributed by atoms with Crippen LogP contribution < -0.4 is 0 Å². The van der Waals surface area contributed by atoms with Crippen LogP contribution in [0.1, 0.15) is 41.6 Å². The Kier molecular flexibility index (Phi) is 5.53. The first-order chi connectivity index (χ1) is 12.1. The third-order valence-corrected chi connectivity index (χ3v) is 5.00. The van der Waals surface area contributed by atoms with Gasteiger partial charge in [-0.15, -0.1) is 0 Å². The Hall–Kier alpha value is -2.14. The van der Waals surface area contributed by atoms with E-state index in [0.717, 1.165) is 18.4 Å². The van der Waals surface area contributed by atoms with Gasteiger partial charge in [-0.25, -0.2) is 0 Å². The smallest absolute Gasteiger partial charge is 0.253 e. The van der Waals surface area contributed by atoms with Crippen molar-refractivity contribution in [3.63, 3.8) is 0 Å². The van der Waals surface area contributed by atoms with Gasteiger partial charge < -0.3 is 14.5 Å². The molecule has 2 unspecified atom stereocenters. The van der Waals surface area contributed by atoms with Crippen LogP contribution in [0.4, 0.5) is 0 Å². The first-order valence-electron chi connectivity index (χ1n) is 8.98. The number of benzene rings is 1. The summed E-state index contributed by atoms with van der Waals surface area (Å²) in [5.41, 5.74) is 1.56. The average molecular weight is 342 g/mol. The molecule has 2 fully saturated rings. The molecule has 1 aliphatic heterocycles. The molecule has 0 N–H and O–H groups in total. The highest BCUT2D eigenvalue weighted by molar-refractivity contribution is 5.94. The van der Waals surface area contributed by atoms with Crippen LogP contribution >= 0.6 is 0 Å². The molecule has 5 nitrogen and oxygen atoms in total. The Morgan fingerprint density at radius 3 is 2.60 bits per heavy atom. The van der Waals surface area contributed by atoms with Crippen molar-refractivity contribution in [1.82, 2.24) is 9.80 Å². The van der Waals surface area contributed by atoms with Gasteiger partial charge in [0.2, 0.25) is 5.91 Å². The number of ether oxygens (including phenoxy) is 1.